The van der Waals surface area contributed by atoms with E-state index in [9.17, 15) is 4.79 Å². The molecule has 0 bridgehead atoms. The van der Waals surface area contributed by atoms with E-state index in [1.807, 2.05) is 20.8 Å². The van der Waals surface area contributed by atoms with Crippen molar-refractivity contribution in [3.05, 3.63) is 0 Å². The molecule has 4 nitrogen and oxygen atoms in total. The Labute approximate surface area is 105 Å². The highest BCUT2D eigenvalue weighted by molar-refractivity contribution is 5.79. The standard InChI is InChI=1S/C13H28N2O2/c1-5-6-7-8-9-10-13(14,15)11(16)17-12(2,3)4/h5-10,14-15H2,1-4H3. The molecule has 0 heterocycles. The van der Waals surface area contributed by atoms with E-state index < -0.39 is 17.2 Å². The van der Waals surface area contributed by atoms with Gasteiger partial charge in [0.2, 0.25) is 0 Å². The zero-order valence-electron chi connectivity index (χ0n) is 11.7. The third kappa shape index (κ3) is 8.16. The Hall–Kier alpha value is -0.610. The summed E-state index contributed by atoms with van der Waals surface area (Å²) in [6.07, 6.45) is 5.99. The molecule has 0 aromatic rings. The number of unbranched alkanes of at least 4 members (excludes halogenated alkanes) is 4. The Bertz CT molecular complexity index is 232. The van der Waals surface area contributed by atoms with Gasteiger partial charge in [0.1, 0.15) is 5.60 Å². The van der Waals surface area contributed by atoms with Crippen LogP contribution in [0.15, 0.2) is 0 Å². The number of carbonyl (C=O) groups excluding carboxylic acids is 1. The largest absolute Gasteiger partial charge is 0.458 e. The van der Waals surface area contributed by atoms with Gasteiger partial charge in [0.25, 0.3) is 0 Å². The highest BCUT2D eigenvalue weighted by atomic mass is 16.6. The van der Waals surface area contributed by atoms with E-state index in [1.165, 1.54) is 19.3 Å². The van der Waals surface area contributed by atoms with Crippen LogP contribution in [0.4, 0.5) is 0 Å². The molecule has 0 fully saturated rings. The molecule has 0 spiro atoms. The minimum Gasteiger partial charge on any atom is -0.458 e. The van der Waals surface area contributed by atoms with E-state index in [0.29, 0.717) is 6.42 Å². The molecule has 0 unspecified atom stereocenters. The van der Waals surface area contributed by atoms with Crippen molar-refractivity contribution in [2.75, 3.05) is 0 Å². The van der Waals surface area contributed by atoms with Crippen molar-refractivity contribution in [2.24, 2.45) is 11.5 Å². The van der Waals surface area contributed by atoms with Crippen LogP contribution < -0.4 is 11.5 Å². The monoisotopic (exact) mass is 244 g/mol. The van der Waals surface area contributed by atoms with Crippen LogP contribution in [0, 0.1) is 0 Å². The first-order valence-corrected chi connectivity index (χ1v) is 6.50. The van der Waals surface area contributed by atoms with Gasteiger partial charge in [0, 0.05) is 0 Å². The van der Waals surface area contributed by atoms with Gasteiger partial charge in [-0.15, -0.1) is 0 Å². The summed E-state index contributed by atoms with van der Waals surface area (Å²) >= 11 is 0. The quantitative estimate of drug-likeness (QED) is 0.409. The van der Waals surface area contributed by atoms with Gasteiger partial charge < -0.3 is 16.2 Å². The highest BCUT2D eigenvalue weighted by Gasteiger charge is 2.33. The molecule has 0 saturated heterocycles. The summed E-state index contributed by atoms with van der Waals surface area (Å²) in [5, 5.41) is 0. The maximum absolute atomic E-state index is 11.7. The number of esters is 1. The predicted octanol–water partition coefficient (Wildman–Crippen LogP) is 2.30. The average molecular weight is 244 g/mol. The molecule has 4 N–H and O–H groups in total. The number of carbonyl (C=O) groups is 1. The number of hydrogen-bond acceptors (Lipinski definition) is 4. The van der Waals surface area contributed by atoms with Crippen LogP contribution in [0.2, 0.25) is 0 Å². The molecule has 0 saturated carbocycles. The number of ether oxygens (including phenoxy) is 1. The molecule has 0 aliphatic heterocycles. The summed E-state index contributed by atoms with van der Waals surface area (Å²) in [5.74, 6) is -0.513. The minimum atomic E-state index is -1.35. The molecule has 0 aromatic heterocycles. The molecule has 0 amide bonds. The molecule has 4 heteroatoms. The molecule has 0 aliphatic rings. The smallest absolute Gasteiger partial charge is 0.341 e. The number of hydrogen-bond donors (Lipinski definition) is 2. The number of rotatable bonds is 7. The second kappa shape index (κ2) is 6.97. The fourth-order valence-electron chi connectivity index (χ4n) is 1.50. The van der Waals surface area contributed by atoms with Crippen LogP contribution in [-0.2, 0) is 9.53 Å². The van der Waals surface area contributed by atoms with Gasteiger partial charge in [-0.05, 0) is 33.6 Å². The molecule has 17 heavy (non-hydrogen) atoms. The second-order valence-corrected chi connectivity index (χ2v) is 5.71. The third-order valence-electron chi connectivity index (χ3n) is 2.47. The number of nitrogens with two attached hydrogens (primary N) is 2. The first kappa shape index (κ1) is 16.4. The van der Waals surface area contributed by atoms with Gasteiger partial charge in [-0.3, -0.25) is 0 Å². The lowest BCUT2D eigenvalue weighted by atomic mass is 10.0. The van der Waals surface area contributed by atoms with Crippen molar-refractivity contribution in [2.45, 2.75) is 77.5 Å². The van der Waals surface area contributed by atoms with E-state index in [-0.39, 0.29) is 0 Å². The Morgan fingerprint density at radius 1 is 1.06 bits per heavy atom. The molecular formula is C13H28N2O2. The van der Waals surface area contributed by atoms with E-state index >= 15 is 0 Å². The Kier molecular flexibility index (Phi) is 6.72. The lowest BCUT2D eigenvalue weighted by Crippen LogP contribution is -2.58. The van der Waals surface area contributed by atoms with Crippen LogP contribution in [-0.4, -0.2) is 17.2 Å². The van der Waals surface area contributed by atoms with Crippen molar-refractivity contribution in [3.63, 3.8) is 0 Å². The van der Waals surface area contributed by atoms with E-state index in [0.717, 1.165) is 12.8 Å². The maximum atomic E-state index is 11.7. The molecule has 0 aromatic carbocycles. The van der Waals surface area contributed by atoms with Gasteiger partial charge in [0.15, 0.2) is 5.66 Å². The van der Waals surface area contributed by atoms with Crippen LogP contribution in [0.3, 0.4) is 0 Å². The SMILES string of the molecule is CCCCCCCC(N)(N)C(=O)OC(C)(C)C. The van der Waals surface area contributed by atoms with Crippen LogP contribution >= 0.6 is 0 Å². The first-order valence-electron chi connectivity index (χ1n) is 6.50. The highest BCUT2D eigenvalue weighted by Crippen LogP contribution is 2.15. The van der Waals surface area contributed by atoms with Gasteiger partial charge >= 0.3 is 5.97 Å². The second-order valence-electron chi connectivity index (χ2n) is 5.71. The molecule has 0 atom stereocenters. The fraction of sp³-hybridized carbons (Fsp3) is 0.923. The summed E-state index contributed by atoms with van der Waals surface area (Å²) in [6.45, 7) is 7.59. The van der Waals surface area contributed by atoms with Crippen LogP contribution in [0.25, 0.3) is 0 Å². The predicted molar refractivity (Wildman–Crippen MR) is 70.3 cm³/mol. The topological polar surface area (TPSA) is 78.3 Å². The van der Waals surface area contributed by atoms with Crippen molar-refractivity contribution >= 4 is 5.97 Å². The van der Waals surface area contributed by atoms with Crippen molar-refractivity contribution in [1.29, 1.82) is 0 Å². The third-order valence-corrected chi connectivity index (χ3v) is 2.47. The van der Waals surface area contributed by atoms with Gasteiger partial charge in [0.05, 0.1) is 0 Å². The molecule has 0 radical (unpaired) electrons. The first-order chi connectivity index (χ1) is 7.69. The summed E-state index contributed by atoms with van der Waals surface area (Å²) in [7, 11) is 0. The zero-order valence-corrected chi connectivity index (χ0v) is 11.7. The van der Waals surface area contributed by atoms with E-state index in [4.69, 9.17) is 16.2 Å². The van der Waals surface area contributed by atoms with Gasteiger partial charge in [-0.25, -0.2) is 4.79 Å². The minimum absolute atomic E-state index is 0.478. The van der Waals surface area contributed by atoms with E-state index in [1.54, 1.807) is 0 Å². The van der Waals surface area contributed by atoms with Crippen LogP contribution in [0.5, 0.6) is 0 Å². The summed E-state index contributed by atoms with van der Waals surface area (Å²) in [5.41, 5.74) is 9.68. The van der Waals surface area contributed by atoms with Gasteiger partial charge in [-0.1, -0.05) is 32.6 Å². The normalized spacial score (nSPS) is 12.6. The van der Waals surface area contributed by atoms with Crippen molar-refractivity contribution in [3.8, 4) is 0 Å². The van der Waals surface area contributed by atoms with Crippen LogP contribution in [0.1, 0.15) is 66.2 Å². The van der Waals surface area contributed by atoms with Crippen molar-refractivity contribution < 1.29 is 9.53 Å². The van der Waals surface area contributed by atoms with E-state index in [2.05, 4.69) is 6.92 Å². The maximum Gasteiger partial charge on any atom is 0.341 e. The zero-order chi connectivity index (χ0) is 13.5. The Balaban J connectivity index is 3.97. The summed E-state index contributed by atoms with van der Waals surface area (Å²) in [6, 6.07) is 0. The lowest BCUT2D eigenvalue weighted by molar-refractivity contribution is -0.161. The van der Waals surface area contributed by atoms with Gasteiger partial charge in [-0.2, -0.15) is 0 Å². The molecular weight excluding hydrogens is 216 g/mol. The summed E-state index contributed by atoms with van der Waals surface area (Å²) < 4.78 is 5.19. The Morgan fingerprint density at radius 2 is 1.59 bits per heavy atom. The summed E-state index contributed by atoms with van der Waals surface area (Å²) in [4.78, 5) is 11.7. The lowest BCUT2D eigenvalue weighted by Gasteiger charge is -2.28. The average Bonchev–Trinajstić information content (AvgIpc) is 2.14. The molecule has 0 aliphatic carbocycles. The van der Waals surface area contributed by atoms with Crippen molar-refractivity contribution in [1.82, 2.24) is 0 Å². The molecule has 102 valence electrons. The fourth-order valence-corrected chi connectivity index (χ4v) is 1.50. The molecule has 0 rings (SSSR count). The Morgan fingerprint density at radius 3 is 2.06 bits per heavy atom.